The van der Waals surface area contributed by atoms with Crippen molar-refractivity contribution >= 4 is 22.9 Å². The summed E-state index contributed by atoms with van der Waals surface area (Å²) in [5.41, 5.74) is 0. The van der Waals surface area contributed by atoms with Crippen molar-refractivity contribution in [3.63, 3.8) is 0 Å². The Kier molecular flexibility index (Phi) is 5.48. The maximum absolute atomic E-state index is 8.67. The molecule has 0 aliphatic heterocycles. The molecule has 0 amide bonds. The molecule has 1 unspecified atom stereocenters. The Morgan fingerprint density at radius 2 is 2.36 bits per heavy atom. The van der Waals surface area contributed by atoms with E-state index in [-0.39, 0.29) is 6.61 Å². The average molecular weight is 234 g/mol. The van der Waals surface area contributed by atoms with Crippen LogP contribution in [0.1, 0.15) is 30.7 Å². The van der Waals surface area contributed by atoms with Crippen LogP contribution in [-0.2, 0) is 0 Å². The van der Waals surface area contributed by atoms with Crippen molar-refractivity contribution in [2.24, 2.45) is 0 Å². The van der Waals surface area contributed by atoms with Gasteiger partial charge in [-0.2, -0.15) is 0 Å². The molecular weight excluding hydrogens is 218 g/mol. The third-order valence-electron chi connectivity index (χ3n) is 2.07. The molecule has 0 radical (unpaired) electrons. The maximum atomic E-state index is 8.67. The number of aliphatic hydroxyl groups excluding tert-OH is 1. The molecule has 1 atom stereocenters. The van der Waals surface area contributed by atoms with Gasteiger partial charge < -0.3 is 10.4 Å². The summed E-state index contributed by atoms with van der Waals surface area (Å²) in [6.45, 7) is 3.24. The molecule has 80 valence electrons. The molecule has 2 nitrogen and oxygen atoms in total. The van der Waals surface area contributed by atoms with Crippen molar-refractivity contribution in [1.82, 2.24) is 5.32 Å². The van der Waals surface area contributed by atoms with Crippen LogP contribution in [0.3, 0.4) is 0 Å². The smallest absolute Gasteiger partial charge is 0.0931 e. The van der Waals surface area contributed by atoms with Gasteiger partial charge in [0, 0.05) is 17.5 Å². The van der Waals surface area contributed by atoms with Gasteiger partial charge in [0.05, 0.1) is 4.34 Å². The molecule has 0 bridgehead atoms. The highest BCUT2D eigenvalue weighted by Crippen LogP contribution is 2.28. The van der Waals surface area contributed by atoms with Gasteiger partial charge in [-0.15, -0.1) is 11.3 Å². The summed E-state index contributed by atoms with van der Waals surface area (Å²) >= 11 is 7.49. The van der Waals surface area contributed by atoms with E-state index in [1.54, 1.807) is 11.3 Å². The van der Waals surface area contributed by atoms with E-state index in [1.165, 1.54) is 4.88 Å². The van der Waals surface area contributed by atoms with Gasteiger partial charge in [0.25, 0.3) is 0 Å². The zero-order valence-corrected chi connectivity index (χ0v) is 9.87. The lowest BCUT2D eigenvalue weighted by Crippen LogP contribution is -2.21. The summed E-state index contributed by atoms with van der Waals surface area (Å²) < 4.78 is 0.836. The fourth-order valence-electron chi connectivity index (χ4n) is 1.32. The standard InChI is InChI=1S/C10H16ClNOS/c1-2-8(12-6-3-7-13)9-4-5-10(11)14-9/h4-5,8,12-13H,2-3,6-7H2,1H3. The molecule has 1 aromatic rings. The van der Waals surface area contributed by atoms with E-state index in [9.17, 15) is 0 Å². The second-order valence-corrected chi connectivity index (χ2v) is 4.88. The zero-order chi connectivity index (χ0) is 10.4. The Labute approximate surface area is 93.9 Å². The van der Waals surface area contributed by atoms with Crippen LogP contribution in [0, 0.1) is 0 Å². The minimum absolute atomic E-state index is 0.245. The lowest BCUT2D eigenvalue weighted by atomic mass is 10.2. The van der Waals surface area contributed by atoms with Crippen LogP contribution in [0.5, 0.6) is 0 Å². The summed E-state index contributed by atoms with van der Waals surface area (Å²) in [6, 6.07) is 4.37. The topological polar surface area (TPSA) is 32.3 Å². The van der Waals surface area contributed by atoms with E-state index in [0.717, 1.165) is 23.7 Å². The van der Waals surface area contributed by atoms with Crippen LogP contribution in [0.4, 0.5) is 0 Å². The molecule has 2 N–H and O–H groups in total. The Hall–Kier alpha value is -0.0900. The molecule has 0 aliphatic rings. The minimum atomic E-state index is 0.245. The van der Waals surface area contributed by atoms with Crippen LogP contribution in [0.15, 0.2) is 12.1 Å². The Morgan fingerprint density at radius 1 is 1.57 bits per heavy atom. The maximum Gasteiger partial charge on any atom is 0.0931 e. The minimum Gasteiger partial charge on any atom is -0.396 e. The van der Waals surface area contributed by atoms with Crippen LogP contribution in [0.2, 0.25) is 4.34 Å². The zero-order valence-electron chi connectivity index (χ0n) is 8.29. The quantitative estimate of drug-likeness (QED) is 0.741. The molecule has 1 heterocycles. The summed E-state index contributed by atoms with van der Waals surface area (Å²) in [5.74, 6) is 0. The second kappa shape index (κ2) is 6.40. The molecule has 1 aromatic heterocycles. The molecule has 0 aromatic carbocycles. The van der Waals surface area contributed by atoms with Gasteiger partial charge in [0.1, 0.15) is 0 Å². The van der Waals surface area contributed by atoms with Gasteiger partial charge in [-0.3, -0.25) is 0 Å². The number of aliphatic hydroxyl groups is 1. The summed E-state index contributed by atoms with van der Waals surface area (Å²) in [4.78, 5) is 1.27. The van der Waals surface area contributed by atoms with Crippen molar-refractivity contribution in [1.29, 1.82) is 0 Å². The number of rotatable bonds is 6. The van der Waals surface area contributed by atoms with Crippen molar-refractivity contribution in [2.75, 3.05) is 13.2 Å². The van der Waals surface area contributed by atoms with E-state index in [4.69, 9.17) is 16.7 Å². The number of thiophene rings is 1. The molecular formula is C10H16ClNOS. The van der Waals surface area contributed by atoms with Crippen molar-refractivity contribution in [3.05, 3.63) is 21.3 Å². The fourth-order valence-corrected chi connectivity index (χ4v) is 2.54. The number of hydrogen-bond donors (Lipinski definition) is 2. The van der Waals surface area contributed by atoms with E-state index in [0.29, 0.717) is 6.04 Å². The first-order valence-electron chi connectivity index (χ1n) is 4.87. The predicted octanol–water partition coefficient (Wildman–Crippen LogP) is 2.82. The Morgan fingerprint density at radius 3 is 2.86 bits per heavy atom. The third kappa shape index (κ3) is 3.58. The highest BCUT2D eigenvalue weighted by atomic mass is 35.5. The van der Waals surface area contributed by atoms with E-state index >= 15 is 0 Å². The summed E-state index contributed by atoms with van der Waals surface area (Å²) in [7, 11) is 0. The highest BCUT2D eigenvalue weighted by Gasteiger charge is 2.10. The SMILES string of the molecule is CCC(NCCCO)c1ccc(Cl)s1. The van der Waals surface area contributed by atoms with Gasteiger partial charge in [-0.05, 0) is 31.5 Å². The number of nitrogens with one attached hydrogen (secondary N) is 1. The molecule has 1 rings (SSSR count). The molecule has 14 heavy (non-hydrogen) atoms. The molecule has 0 saturated heterocycles. The van der Waals surface area contributed by atoms with Gasteiger partial charge in [0.15, 0.2) is 0 Å². The van der Waals surface area contributed by atoms with Crippen molar-refractivity contribution in [3.8, 4) is 0 Å². The molecule has 0 spiro atoms. The lowest BCUT2D eigenvalue weighted by Gasteiger charge is -2.14. The largest absolute Gasteiger partial charge is 0.396 e. The summed E-state index contributed by atoms with van der Waals surface area (Å²) in [5, 5.41) is 12.1. The Balaban J connectivity index is 2.45. The molecule has 0 saturated carbocycles. The first kappa shape index (κ1) is 12.0. The second-order valence-electron chi connectivity index (χ2n) is 3.13. The van der Waals surface area contributed by atoms with E-state index in [2.05, 4.69) is 18.3 Å². The normalized spacial score (nSPS) is 13.1. The van der Waals surface area contributed by atoms with Crippen LogP contribution in [-0.4, -0.2) is 18.3 Å². The highest BCUT2D eigenvalue weighted by molar-refractivity contribution is 7.16. The van der Waals surface area contributed by atoms with Crippen LogP contribution >= 0.6 is 22.9 Å². The monoisotopic (exact) mass is 233 g/mol. The molecule has 0 fully saturated rings. The van der Waals surface area contributed by atoms with Gasteiger partial charge in [-0.25, -0.2) is 0 Å². The third-order valence-corrected chi connectivity index (χ3v) is 3.42. The van der Waals surface area contributed by atoms with Gasteiger partial charge in [-0.1, -0.05) is 18.5 Å². The van der Waals surface area contributed by atoms with E-state index in [1.807, 2.05) is 6.07 Å². The lowest BCUT2D eigenvalue weighted by molar-refractivity contribution is 0.283. The molecule has 4 heteroatoms. The van der Waals surface area contributed by atoms with Crippen LogP contribution in [0.25, 0.3) is 0 Å². The van der Waals surface area contributed by atoms with Gasteiger partial charge in [0.2, 0.25) is 0 Å². The number of halogens is 1. The average Bonchev–Trinajstić information content (AvgIpc) is 2.60. The van der Waals surface area contributed by atoms with E-state index < -0.39 is 0 Å². The fraction of sp³-hybridized carbons (Fsp3) is 0.600. The first-order chi connectivity index (χ1) is 6.77. The van der Waals surface area contributed by atoms with Gasteiger partial charge >= 0.3 is 0 Å². The predicted molar refractivity (Wildman–Crippen MR) is 62.1 cm³/mol. The van der Waals surface area contributed by atoms with Crippen molar-refractivity contribution < 1.29 is 5.11 Å². The Bertz CT molecular complexity index is 264. The summed E-state index contributed by atoms with van der Waals surface area (Å²) in [6.07, 6.45) is 1.85. The number of hydrogen-bond acceptors (Lipinski definition) is 3. The van der Waals surface area contributed by atoms with Crippen molar-refractivity contribution in [2.45, 2.75) is 25.8 Å². The molecule has 0 aliphatic carbocycles. The van der Waals surface area contributed by atoms with Crippen LogP contribution < -0.4 is 5.32 Å². The first-order valence-corrected chi connectivity index (χ1v) is 6.06.